The van der Waals surface area contributed by atoms with Crippen LogP contribution in [0.5, 0.6) is 0 Å². The molecular weight excluding hydrogens is 164 g/mol. The Kier molecular flexibility index (Phi) is 5.32. The van der Waals surface area contributed by atoms with Crippen LogP contribution in [0.25, 0.3) is 0 Å². The minimum atomic E-state index is -0.782. The van der Waals surface area contributed by atoms with Crippen LogP contribution >= 0.6 is 11.8 Å². The van der Waals surface area contributed by atoms with Crippen LogP contribution in [0.3, 0.4) is 0 Å². The van der Waals surface area contributed by atoms with Gasteiger partial charge in [-0.3, -0.25) is 4.79 Å². The second-order valence-corrected chi connectivity index (χ2v) is 4.42. The fourth-order valence-electron chi connectivity index (χ4n) is 0.734. The molecular formula is C7H14O3S. The van der Waals surface area contributed by atoms with Gasteiger partial charge in [0.1, 0.15) is 0 Å². The lowest BCUT2D eigenvalue weighted by molar-refractivity contribution is -0.136. The molecule has 0 bridgehead atoms. The van der Waals surface area contributed by atoms with Crippen molar-refractivity contribution in [1.82, 2.24) is 0 Å². The van der Waals surface area contributed by atoms with E-state index in [-0.39, 0.29) is 23.5 Å². The van der Waals surface area contributed by atoms with Gasteiger partial charge in [0.05, 0.1) is 13.0 Å². The van der Waals surface area contributed by atoms with E-state index in [1.807, 2.05) is 13.8 Å². The number of carboxylic acids is 1. The van der Waals surface area contributed by atoms with E-state index in [9.17, 15) is 4.79 Å². The zero-order valence-electron chi connectivity index (χ0n) is 6.78. The highest BCUT2D eigenvalue weighted by atomic mass is 32.2. The zero-order valence-corrected chi connectivity index (χ0v) is 7.60. The van der Waals surface area contributed by atoms with E-state index in [1.165, 1.54) is 11.8 Å². The quantitative estimate of drug-likeness (QED) is 0.658. The Labute approximate surface area is 70.8 Å². The van der Waals surface area contributed by atoms with Crippen molar-refractivity contribution in [1.29, 1.82) is 0 Å². The lowest BCUT2D eigenvalue weighted by atomic mass is 10.3. The fourth-order valence-corrected chi connectivity index (χ4v) is 1.85. The van der Waals surface area contributed by atoms with Crippen molar-refractivity contribution >= 4 is 17.7 Å². The smallest absolute Gasteiger partial charge is 0.304 e. The number of aliphatic hydroxyl groups is 1. The van der Waals surface area contributed by atoms with E-state index >= 15 is 0 Å². The Morgan fingerprint density at radius 2 is 2.00 bits per heavy atom. The van der Waals surface area contributed by atoms with Gasteiger partial charge >= 0.3 is 5.97 Å². The molecule has 0 radical (unpaired) electrons. The predicted octanol–water partition coefficient (Wildman–Crippen LogP) is 0.964. The van der Waals surface area contributed by atoms with Gasteiger partial charge in [0, 0.05) is 10.5 Å². The van der Waals surface area contributed by atoms with Gasteiger partial charge in [0.15, 0.2) is 0 Å². The van der Waals surface area contributed by atoms with Crippen molar-refractivity contribution in [3.05, 3.63) is 0 Å². The van der Waals surface area contributed by atoms with Crippen LogP contribution in [0.15, 0.2) is 0 Å². The molecule has 2 unspecified atom stereocenters. The van der Waals surface area contributed by atoms with Crippen LogP contribution in [0.2, 0.25) is 0 Å². The van der Waals surface area contributed by atoms with Crippen molar-refractivity contribution in [3.63, 3.8) is 0 Å². The highest BCUT2D eigenvalue weighted by Crippen LogP contribution is 2.19. The second kappa shape index (κ2) is 5.43. The summed E-state index contributed by atoms with van der Waals surface area (Å²) in [6.07, 6.45) is 0.162. The minimum Gasteiger partial charge on any atom is -0.481 e. The monoisotopic (exact) mass is 178 g/mol. The first kappa shape index (κ1) is 10.8. The number of thioether (sulfide) groups is 1. The first-order chi connectivity index (χ1) is 5.06. The molecule has 0 rings (SSSR count). The van der Waals surface area contributed by atoms with Crippen molar-refractivity contribution in [2.75, 3.05) is 6.61 Å². The van der Waals surface area contributed by atoms with Crippen molar-refractivity contribution in [3.8, 4) is 0 Å². The Morgan fingerprint density at radius 3 is 2.36 bits per heavy atom. The number of carbonyl (C=O) groups is 1. The summed E-state index contributed by atoms with van der Waals surface area (Å²) in [6.45, 7) is 3.84. The van der Waals surface area contributed by atoms with Gasteiger partial charge in [-0.25, -0.2) is 0 Å². The third-order valence-corrected chi connectivity index (χ3v) is 2.43. The van der Waals surface area contributed by atoms with Crippen LogP contribution in [0.1, 0.15) is 20.3 Å². The largest absolute Gasteiger partial charge is 0.481 e. The highest BCUT2D eigenvalue weighted by Gasteiger charge is 2.11. The standard InChI is InChI=1S/C7H14O3S/c1-5(3-7(9)10)11-6(2)4-8/h5-6,8H,3-4H2,1-2H3,(H,9,10). The average Bonchev–Trinajstić information content (AvgIpc) is 1.85. The Bertz CT molecular complexity index is 127. The molecule has 4 heteroatoms. The number of hydrogen-bond acceptors (Lipinski definition) is 3. The molecule has 0 aromatic heterocycles. The third kappa shape index (κ3) is 6.19. The maximum atomic E-state index is 10.2. The zero-order chi connectivity index (χ0) is 8.85. The van der Waals surface area contributed by atoms with Gasteiger partial charge in [-0.15, -0.1) is 0 Å². The van der Waals surface area contributed by atoms with Crippen LogP contribution in [-0.2, 0) is 4.79 Å². The summed E-state index contributed by atoms with van der Waals surface area (Å²) < 4.78 is 0. The molecule has 0 aliphatic rings. The summed E-state index contributed by atoms with van der Waals surface area (Å²) in [5, 5.41) is 17.3. The minimum absolute atomic E-state index is 0.0784. The van der Waals surface area contributed by atoms with Gasteiger partial charge < -0.3 is 10.2 Å². The topological polar surface area (TPSA) is 57.5 Å². The Balaban J connectivity index is 3.51. The molecule has 66 valence electrons. The number of carboxylic acid groups (broad SMARTS) is 1. The predicted molar refractivity (Wildman–Crippen MR) is 45.9 cm³/mol. The molecule has 0 aromatic carbocycles. The summed E-state index contributed by atoms with van der Waals surface area (Å²) in [5.74, 6) is -0.782. The molecule has 0 fully saturated rings. The molecule has 2 N–H and O–H groups in total. The molecule has 0 spiro atoms. The molecule has 0 aliphatic carbocycles. The van der Waals surface area contributed by atoms with Crippen LogP contribution in [-0.4, -0.2) is 33.3 Å². The molecule has 0 saturated heterocycles. The molecule has 0 saturated carbocycles. The summed E-state index contributed by atoms with van der Waals surface area (Å²) in [6, 6.07) is 0. The lowest BCUT2D eigenvalue weighted by Crippen LogP contribution is -2.12. The second-order valence-electron chi connectivity index (χ2n) is 2.54. The number of aliphatic carboxylic acids is 1. The molecule has 3 nitrogen and oxygen atoms in total. The van der Waals surface area contributed by atoms with E-state index in [0.717, 1.165) is 0 Å². The van der Waals surface area contributed by atoms with E-state index in [4.69, 9.17) is 10.2 Å². The number of aliphatic hydroxyl groups excluding tert-OH is 1. The van der Waals surface area contributed by atoms with E-state index < -0.39 is 5.97 Å². The Morgan fingerprint density at radius 1 is 1.45 bits per heavy atom. The van der Waals surface area contributed by atoms with Crippen LogP contribution in [0.4, 0.5) is 0 Å². The van der Waals surface area contributed by atoms with Crippen molar-refractivity contribution in [2.24, 2.45) is 0 Å². The average molecular weight is 178 g/mol. The van der Waals surface area contributed by atoms with Gasteiger partial charge in [-0.2, -0.15) is 11.8 Å². The molecule has 0 aliphatic heterocycles. The first-order valence-electron chi connectivity index (χ1n) is 3.54. The molecule has 2 atom stereocenters. The molecule has 0 aromatic rings. The van der Waals surface area contributed by atoms with Gasteiger partial charge in [0.2, 0.25) is 0 Å². The lowest BCUT2D eigenvalue weighted by Gasteiger charge is -2.12. The fraction of sp³-hybridized carbons (Fsp3) is 0.857. The maximum absolute atomic E-state index is 10.2. The Hall–Kier alpha value is -0.220. The van der Waals surface area contributed by atoms with Crippen LogP contribution in [0, 0.1) is 0 Å². The third-order valence-electron chi connectivity index (χ3n) is 1.18. The SMILES string of the molecule is CC(CO)SC(C)CC(=O)O. The highest BCUT2D eigenvalue weighted by molar-refractivity contribution is 8.00. The maximum Gasteiger partial charge on any atom is 0.304 e. The molecule has 0 heterocycles. The number of hydrogen-bond donors (Lipinski definition) is 2. The van der Waals surface area contributed by atoms with Gasteiger partial charge in [-0.05, 0) is 0 Å². The van der Waals surface area contributed by atoms with Gasteiger partial charge in [-0.1, -0.05) is 13.8 Å². The molecule has 0 amide bonds. The summed E-state index contributed by atoms with van der Waals surface area (Å²) >= 11 is 1.50. The van der Waals surface area contributed by atoms with E-state index in [0.29, 0.717) is 0 Å². The van der Waals surface area contributed by atoms with E-state index in [2.05, 4.69) is 0 Å². The van der Waals surface area contributed by atoms with Gasteiger partial charge in [0.25, 0.3) is 0 Å². The summed E-state index contributed by atoms with van der Waals surface area (Å²) in [4.78, 5) is 10.2. The van der Waals surface area contributed by atoms with Crippen molar-refractivity contribution in [2.45, 2.75) is 30.8 Å². The van der Waals surface area contributed by atoms with E-state index in [1.54, 1.807) is 0 Å². The number of rotatable bonds is 5. The normalized spacial score (nSPS) is 15.9. The van der Waals surface area contributed by atoms with Crippen LogP contribution < -0.4 is 0 Å². The summed E-state index contributed by atoms with van der Waals surface area (Å²) in [5.41, 5.74) is 0. The summed E-state index contributed by atoms with van der Waals surface area (Å²) in [7, 11) is 0. The van der Waals surface area contributed by atoms with Crippen molar-refractivity contribution < 1.29 is 15.0 Å². The first-order valence-corrected chi connectivity index (χ1v) is 4.48. The molecule has 11 heavy (non-hydrogen) atoms.